The van der Waals surface area contributed by atoms with E-state index in [4.69, 9.17) is 9.47 Å². The summed E-state index contributed by atoms with van der Waals surface area (Å²) < 4.78 is 37.8. The SMILES string of the molecule is COc1ccc(C(NC(=O)CNc2cccc(S(=O)(=O)N3CCOCC3)c2)c2ccccc2)cc1. The molecule has 3 aromatic carbocycles. The number of morpholine rings is 1. The van der Waals surface area contributed by atoms with Crippen molar-refractivity contribution in [3.63, 3.8) is 0 Å². The molecule has 0 bridgehead atoms. The van der Waals surface area contributed by atoms with Crippen LogP contribution < -0.4 is 15.4 Å². The number of anilines is 1. The normalized spacial score (nSPS) is 15.2. The minimum atomic E-state index is -3.62. The largest absolute Gasteiger partial charge is 0.497 e. The monoisotopic (exact) mass is 495 g/mol. The van der Waals surface area contributed by atoms with E-state index >= 15 is 0 Å². The van der Waals surface area contributed by atoms with Gasteiger partial charge in [0.1, 0.15) is 5.75 Å². The molecule has 1 heterocycles. The molecule has 1 fully saturated rings. The quantitative estimate of drug-likeness (QED) is 0.474. The maximum Gasteiger partial charge on any atom is 0.243 e. The number of hydrogen-bond donors (Lipinski definition) is 2. The highest BCUT2D eigenvalue weighted by Crippen LogP contribution is 2.24. The number of sulfonamides is 1. The van der Waals surface area contributed by atoms with Crippen LogP contribution >= 0.6 is 0 Å². The van der Waals surface area contributed by atoms with Crippen LogP contribution in [0.15, 0.2) is 83.8 Å². The molecule has 1 saturated heterocycles. The molecular formula is C26H29N3O5S. The first-order chi connectivity index (χ1) is 17.0. The highest BCUT2D eigenvalue weighted by Gasteiger charge is 2.26. The van der Waals surface area contributed by atoms with E-state index in [0.29, 0.717) is 32.0 Å². The molecule has 0 radical (unpaired) electrons. The topological polar surface area (TPSA) is 97.0 Å². The summed E-state index contributed by atoms with van der Waals surface area (Å²) in [4.78, 5) is 13.1. The number of benzene rings is 3. The zero-order valence-electron chi connectivity index (χ0n) is 19.5. The third kappa shape index (κ3) is 6.19. The van der Waals surface area contributed by atoms with Gasteiger partial charge in [-0.3, -0.25) is 4.79 Å². The van der Waals surface area contributed by atoms with Crippen molar-refractivity contribution in [2.75, 3.05) is 45.3 Å². The van der Waals surface area contributed by atoms with E-state index in [0.717, 1.165) is 16.9 Å². The van der Waals surface area contributed by atoms with Gasteiger partial charge >= 0.3 is 0 Å². The lowest BCUT2D eigenvalue weighted by Crippen LogP contribution is -2.40. The zero-order valence-corrected chi connectivity index (χ0v) is 20.3. The molecule has 0 saturated carbocycles. The van der Waals surface area contributed by atoms with Crippen LogP contribution in [0.4, 0.5) is 5.69 Å². The first kappa shape index (κ1) is 24.7. The number of ether oxygens (including phenoxy) is 2. The fourth-order valence-electron chi connectivity index (χ4n) is 3.90. The van der Waals surface area contributed by atoms with E-state index in [1.54, 1.807) is 31.4 Å². The molecule has 1 atom stereocenters. The van der Waals surface area contributed by atoms with Crippen molar-refractivity contribution in [2.45, 2.75) is 10.9 Å². The standard InChI is InChI=1S/C26H29N3O5S/c1-33-23-12-10-21(11-13-23)26(20-6-3-2-4-7-20)28-25(30)19-27-22-8-5-9-24(18-22)35(31,32)29-14-16-34-17-15-29/h2-13,18,26-27H,14-17,19H2,1H3,(H,28,30). The molecule has 0 spiro atoms. The van der Waals surface area contributed by atoms with E-state index in [2.05, 4.69) is 10.6 Å². The van der Waals surface area contributed by atoms with Crippen LogP contribution in [0.25, 0.3) is 0 Å². The Morgan fingerprint density at radius 3 is 2.34 bits per heavy atom. The van der Waals surface area contributed by atoms with Crippen molar-refractivity contribution in [3.05, 3.63) is 90.0 Å². The minimum absolute atomic E-state index is 0.0133. The Hall–Kier alpha value is -3.40. The summed E-state index contributed by atoms with van der Waals surface area (Å²) in [6, 6.07) is 23.4. The molecule has 2 N–H and O–H groups in total. The summed E-state index contributed by atoms with van der Waals surface area (Å²) in [5.74, 6) is 0.511. The van der Waals surface area contributed by atoms with Crippen LogP contribution in [0, 0.1) is 0 Å². The van der Waals surface area contributed by atoms with Crippen LogP contribution in [-0.4, -0.2) is 58.6 Å². The Bertz CT molecular complexity index is 1230. The lowest BCUT2D eigenvalue weighted by molar-refractivity contribution is -0.119. The highest BCUT2D eigenvalue weighted by molar-refractivity contribution is 7.89. The summed E-state index contributed by atoms with van der Waals surface area (Å²) in [5, 5.41) is 6.12. The second kappa shape index (κ2) is 11.4. The molecule has 8 nitrogen and oxygen atoms in total. The van der Waals surface area contributed by atoms with Crippen molar-refractivity contribution < 1.29 is 22.7 Å². The van der Waals surface area contributed by atoms with Crippen LogP contribution in [0.3, 0.4) is 0 Å². The molecule has 35 heavy (non-hydrogen) atoms. The molecule has 0 aromatic heterocycles. The fraction of sp³-hybridized carbons (Fsp3) is 0.269. The van der Waals surface area contributed by atoms with Gasteiger partial charge in [0.15, 0.2) is 0 Å². The smallest absolute Gasteiger partial charge is 0.243 e. The van der Waals surface area contributed by atoms with Crippen molar-refractivity contribution in [2.24, 2.45) is 0 Å². The predicted octanol–water partition coefficient (Wildman–Crippen LogP) is 3.03. The highest BCUT2D eigenvalue weighted by atomic mass is 32.2. The third-order valence-corrected chi connectivity index (χ3v) is 7.68. The number of carbonyl (C=O) groups is 1. The lowest BCUT2D eigenvalue weighted by Gasteiger charge is -2.26. The number of rotatable bonds is 9. The Labute approximate surface area is 205 Å². The number of carbonyl (C=O) groups excluding carboxylic acids is 1. The molecule has 1 amide bonds. The zero-order chi connectivity index (χ0) is 24.7. The van der Waals surface area contributed by atoms with Gasteiger partial charge in [0.25, 0.3) is 0 Å². The minimum Gasteiger partial charge on any atom is -0.497 e. The summed E-state index contributed by atoms with van der Waals surface area (Å²) in [6.45, 7) is 1.41. The van der Waals surface area contributed by atoms with E-state index in [1.807, 2.05) is 54.6 Å². The molecule has 3 aromatic rings. The second-order valence-electron chi connectivity index (χ2n) is 8.08. The van der Waals surface area contributed by atoms with Gasteiger partial charge in [-0.05, 0) is 41.5 Å². The molecule has 1 aliphatic rings. The Kier molecular flexibility index (Phi) is 8.02. The maximum absolute atomic E-state index is 12.9. The van der Waals surface area contributed by atoms with Gasteiger partial charge in [0.2, 0.25) is 15.9 Å². The summed E-state index contributed by atoms with van der Waals surface area (Å²) >= 11 is 0. The molecule has 1 aliphatic heterocycles. The van der Waals surface area contributed by atoms with Crippen LogP contribution in [0.1, 0.15) is 17.2 Å². The van der Waals surface area contributed by atoms with Gasteiger partial charge in [-0.2, -0.15) is 4.31 Å². The lowest BCUT2D eigenvalue weighted by atomic mass is 9.98. The molecule has 184 valence electrons. The summed E-state index contributed by atoms with van der Waals surface area (Å²) in [6.07, 6.45) is 0. The Balaban J connectivity index is 1.44. The van der Waals surface area contributed by atoms with Crippen LogP contribution in [0.5, 0.6) is 5.75 Å². The number of hydrogen-bond acceptors (Lipinski definition) is 6. The van der Waals surface area contributed by atoms with Gasteiger partial charge in [-0.25, -0.2) is 8.42 Å². The van der Waals surface area contributed by atoms with E-state index in [-0.39, 0.29) is 23.4 Å². The van der Waals surface area contributed by atoms with E-state index in [9.17, 15) is 13.2 Å². The molecule has 4 rings (SSSR count). The Morgan fingerprint density at radius 1 is 0.971 bits per heavy atom. The molecule has 9 heteroatoms. The van der Waals surface area contributed by atoms with Gasteiger partial charge < -0.3 is 20.1 Å². The van der Waals surface area contributed by atoms with Crippen molar-refractivity contribution >= 4 is 21.6 Å². The summed E-state index contributed by atoms with van der Waals surface area (Å²) in [5.41, 5.74) is 2.42. The average molecular weight is 496 g/mol. The van der Waals surface area contributed by atoms with Crippen molar-refractivity contribution in [3.8, 4) is 5.75 Å². The van der Waals surface area contributed by atoms with Crippen molar-refractivity contribution in [1.82, 2.24) is 9.62 Å². The number of amides is 1. The maximum atomic E-state index is 12.9. The first-order valence-electron chi connectivity index (χ1n) is 11.4. The predicted molar refractivity (Wildman–Crippen MR) is 134 cm³/mol. The fourth-order valence-corrected chi connectivity index (χ4v) is 5.35. The average Bonchev–Trinajstić information content (AvgIpc) is 2.92. The molecular weight excluding hydrogens is 466 g/mol. The summed E-state index contributed by atoms with van der Waals surface area (Å²) in [7, 11) is -2.01. The van der Waals surface area contributed by atoms with E-state index in [1.165, 1.54) is 4.31 Å². The van der Waals surface area contributed by atoms with Gasteiger partial charge in [-0.1, -0.05) is 48.5 Å². The Morgan fingerprint density at radius 2 is 1.66 bits per heavy atom. The van der Waals surface area contributed by atoms with Crippen molar-refractivity contribution in [1.29, 1.82) is 0 Å². The molecule has 1 unspecified atom stereocenters. The first-order valence-corrected chi connectivity index (χ1v) is 12.8. The number of nitrogens with one attached hydrogen (secondary N) is 2. The molecule has 0 aliphatic carbocycles. The van der Waals surface area contributed by atoms with Crippen LogP contribution in [-0.2, 0) is 19.6 Å². The third-order valence-electron chi connectivity index (χ3n) is 5.78. The van der Waals surface area contributed by atoms with Gasteiger partial charge in [0.05, 0.1) is 37.8 Å². The second-order valence-corrected chi connectivity index (χ2v) is 10.0. The van der Waals surface area contributed by atoms with Gasteiger partial charge in [-0.15, -0.1) is 0 Å². The number of nitrogens with zero attached hydrogens (tertiary/aromatic N) is 1. The van der Waals surface area contributed by atoms with E-state index < -0.39 is 10.0 Å². The number of methoxy groups -OCH3 is 1. The van der Waals surface area contributed by atoms with Gasteiger partial charge in [0, 0.05) is 18.8 Å². The van der Waals surface area contributed by atoms with Crippen LogP contribution in [0.2, 0.25) is 0 Å².